The molecule has 2 fully saturated rings. The average Bonchev–Trinajstić information content (AvgIpc) is 3.20. The van der Waals surface area contributed by atoms with Gasteiger partial charge in [0.15, 0.2) is 0 Å². The second-order valence-corrected chi connectivity index (χ2v) is 8.13. The number of hydrogen-bond donors (Lipinski definition) is 1. The Labute approximate surface area is 187 Å². The summed E-state index contributed by atoms with van der Waals surface area (Å²) in [6.45, 7) is 4.62. The lowest BCUT2D eigenvalue weighted by Crippen LogP contribution is -2.63. The van der Waals surface area contributed by atoms with Crippen molar-refractivity contribution in [1.29, 1.82) is 0 Å². The largest absolute Gasteiger partial charge is 0.491 e. The number of aryl methyl sites for hydroxylation is 1. The van der Waals surface area contributed by atoms with Gasteiger partial charge in [-0.3, -0.25) is 19.2 Å². The van der Waals surface area contributed by atoms with Crippen LogP contribution in [0.2, 0.25) is 0 Å². The minimum Gasteiger partial charge on any atom is -0.491 e. The van der Waals surface area contributed by atoms with Crippen molar-refractivity contribution in [1.82, 2.24) is 14.7 Å². The molecule has 3 aliphatic rings. The van der Waals surface area contributed by atoms with Gasteiger partial charge in [0.05, 0.1) is 32.8 Å². The van der Waals surface area contributed by atoms with Crippen molar-refractivity contribution in [3.63, 3.8) is 0 Å². The third-order valence-electron chi connectivity index (χ3n) is 5.96. The van der Waals surface area contributed by atoms with E-state index in [0.717, 1.165) is 16.9 Å². The molecule has 0 aliphatic carbocycles. The normalized spacial score (nSPS) is 22.3. The number of amidine groups is 1. The number of hydrogen-bond acceptors (Lipinski definition) is 5. The molecule has 172 valence electrons. The molecular weight excluding hydrogens is 414 g/mol. The Morgan fingerprint density at radius 2 is 2.00 bits per heavy atom. The van der Waals surface area contributed by atoms with E-state index >= 15 is 0 Å². The van der Waals surface area contributed by atoms with Crippen LogP contribution >= 0.6 is 0 Å². The van der Waals surface area contributed by atoms with Crippen LogP contribution in [-0.2, 0) is 16.0 Å². The van der Waals surface area contributed by atoms with Crippen LogP contribution in [-0.4, -0.2) is 114 Å². The van der Waals surface area contributed by atoms with Gasteiger partial charge in [-0.1, -0.05) is 24.0 Å². The molecule has 2 atom stereocenters. The standard InChI is InChI=1S/C22H30N5O5/c1-4-15-6-5-7-17(12-15)32-14-16(28)13-27-18-19(24(2)22(30)25(3)20(18)29)23-21(27)26-8-10-31-11-9-26/h5-7,12,16,18,28H,4,8-11,13-14H2,1-3H3/q+1. The van der Waals surface area contributed by atoms with Crippen LogP contribution in [0.4, 0.5) is 4.79 Å². The average molecular weight is 445 g/mol. The summed E-state index contributed by atoms with van der Waals surface area (Å²) in [5, 5.41) is 10.8. The number of carbonyl (C=O) groups excluding carboxylic acids is 2. The van der Waals surface area contributed by atoms with Gasteiger partial charge in [-0.25, -0.2) is 9.69 Å². The van der Waals surface area contributed by atoms with Gasteiger partial charge >= 0.3 is 12.0 Å². The number of benzene rings is 1. The maximum absolute atomic E-state index is 13.0. The number of ether oxygens (including phenoxy) is 2. The molecule has 0 radical (unpaired) electrons. The summed E-state index contributed by atoms with van der Waals surface area (Å²) in [5.74, 6) is 1.28. The molecule has 0 spiro atoms. The molecule has 0 bridgehead atoms. The topological polar surface area (TPSA) is 97.9 Å². The van der Waals surface area contributed by atoms with Crippen molar-refractivity contribution in [2.45, 2.75) is 25.5 Å². The summed E-state index contributed by atoms with van der Waals surface area (Å²) < 4.78 is 13.3. The third-order valence-corrected chi connectivity index (χ3v) is 5.96. The van der Waals surface area contributed by atoms with E-state index in [2.05, 4.69) is 11.9 Å². The Morgan fingerprint density at radius 1 is 1.25 bits per heavy atom. The molecule has 4 rings (SSSR count). The molecule has 1 aromatic rings. The minimum atomic E-state index is -0.869. The Morgan fingerprint density at radius 3 is 2.72 bits per heavy atom. The van der Waals surface area contributed by atoms with Gasteiger partial charge in [0.2, 0.25) is 11.9 Å². The van der Waals surface area contributed by atoms with Crippen LogP contribution in [0.15, 0.2) is 29.3 Å². The molecule has 3 amide bonds. The first kappa shape index (κ1) is 22.2. The number of nitrogens with zero attached hydrogens (tertiary/aromatic N) is 5. The summed E-state index contributed by atoms with van der Waals surface area (Å²) in [5.41, 5.74) is 1.15. The van der Waals surface area contributed by atoms with Crippen LogP contribution in [0.25, 0.3) is 0 Å². The minimum absolute atomic E-state index is 0.0703. The highest BCUT2D eigenvalue weighted by molar-refractivity contribution is 6.25. The van der Waals surface area contributed by atoms with Gasteiger partial charge in [-0.05, 0) is 24.1 Å². The Kier molecular flexibility index (Phi) is 6.43. The smallest absolute Gasteiger partial charge is 0.392 e. The van der Waals surface area contributed by atoms with E-state index in [0.29, 0.717) is 43.8 Å². The lowest BCUT2D eigenvalue weighted by Gasteiger charge is -2.33. The molecule has 10 heteroatoms. The van der Waals surface area contributed by atoms with Crippen molar-refractivity contribution in [3.05, 3.63) is 29.8 Å². The van der Waals surface area contributed by atoms with Crippen molar-refractivity contribution in [2.24, 2.45) is 4.99 Å². The summed E-state index contributed by atoms with van der Waals surface area (Å²) >= 11 is 0. The van der Waals surface area contributed by atoms with E-state index in [1.54, 1.807) is 11.9 Å². The fourth-order valence-corrected chi connectivity index (χ4v) is 4.12. The zero-order chi connectivity index (χ0) is 22.8. The van der Waals surface area contributed by atoms with Crippen molar-refractivity contribution < 1.29 is 28.7 Å². The highest BCUT2D eigenvalue weighted by Gasteiger charge is 2.55. The number of aliphatic hydroxyl groups is 1. The zero-order valence-corrected chi connectivity index (χ0v) is 18.7. The fourth-order valence-electron chi connectivity index (χ4n) is 4.12. The quantitative estimate of drug-likeness (QED) is 0.620. The third kappa shape index (κ3) is 4.20. The van der Waals surface area contributed by atoms with Crippen molar-refractivity contribution in [2.75, 3.05) is 53.6 Å². The van der Waals surface area contributed by atoms with Crippen LogP contribution in [0.1, 0.15) is 12.5 Å². The van der Waals surface area contributed by atoms with Crippen LogP contribution < -0.4 is 4.74 Å². The highest BCUT2D eigenvalue weighted by atomic mass is 16.5. The number of fused-ring (bicyclic) bond motifs is 1. The van der Waals surface area contributed by atoms with E-state index in [1.165, 1.54) is 11.9 Å². The van der Waals surface area contributed by atoms with E-state index in [4.69, 9.17) is 9.47 Å². The van der Waals surface area contributed by atoms with Crippen molar-refractivity contribution >= 4 is 23.7 Å². The maximum atomic E-state index is 13.0. The summed E-state index contributed by atoms with van der Waals surface area (Å²) in [6, 6.07) is 6.57. The molecule has 3 heterocycles. The number of β-amino-alcohol motifs (C(OH)–C–C–N with tert-alkyl or cyclic N) is 1. The number of aliphatic imine (C=N–C) groups is 1. The first-order valence-electron chi connectivity index (χ1n) is 10.9. The molecular formula is C22H30N5O5+. The Balaban J connectivity index is 1.55. The van der Waals surface area contributed by atoms with Gasteiger partial charge < -0.3 is 14.6 Å². The SMILES string of the molecule is CCc1cccc(OCC(O)CN2C(=[N+]3CCOCC3)N=C3C2C(=O)N(C)C(=O)N3C)c1. The Bertz CT molecular complexity index is 954. The molecule has 1 N–H and O–H groups in total. The predicted octanol–water partition coefficient (Wildman–Crippen LogP) is -0.00610. The number of guanidine groups is 1. The van der Waals surface area contributed by atoms with Gasteiger partial charge in [-0.2, -0.15) is 0 Å². The van der Waals surface area contributed by atoms with Gasteiger partial charge in [0.1, 0.15) is 18.5 Å². The summed E-state index contributed by atoms with van der Waals surface area (Å²) in [6.07, 6.45) is 0.0293. The summed E-state index contributed by atoms with van der Waals surface area (Å²) in [7, 11) is 3.07. The van der Waals surface area contributed by atoms with Crippen molar-refractivity contribution in [3.8, 4) is 5.75 Å². The van der Waals surface area contributed by atoms with E-state index in [9.17, 15) is 14.7 Å². The molecule has 1 aromatic carbocycles. The van der Waals surface area contributed by atoms with Crippen LogP contribution in [0.5, 0.6) is 5.75 Å². The number of morpholine rings is 1. The first-order valence-corrected chi connectivity index (χ1v) is 10.9. The van der Waals surface area contributed by atoms with E-state index in [-0.39, 0.29) is 19.1 Å². The lowest BCUT2D eigenvalue weighted by molar-refractivity contribution is -0.554. The number of amides is 3. The highest BCUT2D eigenvalue weighted by Crippen LogP contribution is 2.24. The number of imide groups is 1. The lowest BCUT2D eigenvalue weighted by atomic mass is 10.1. The van der Waals surface area contributed by atoms with E-state index in [1.807, 2.05) is 28.8 Å². The fraction of sp³-hybridized carbons (Fsp3) is 0.545. The van der Waals surface area contributed by atoms with Gasteiger partial charge in [0.25, 0.3) is 5.91 Å². The van der Waals surface area contributed by atoms with Crippen LogP contribution in [0.3, 0.4) is 0 Å². The number of aliphatic hydroxyl groups excluding tert-OH is 1. The molecule has 32 heavy (non-hydrogen) atoms. The zero-order valence-electron chi connectivity index (χ0n) is 18.7. The molecule has 0 aromatic heterocycles. The Hall–Kier alpha value is -2.98. The number of carbonyl (C=O) groups is 2. The number of likely N-dealkylation sites (N-methyl/N-ethyl adjacent to an activating group) is 2. The first-order chi connectivity index (χ1) is 15.4. The molecule has 10 nitrogen and oxygen atoms in total. The molecule has 0 saturated carbocycles. The predicted molar refractivity (Wildman–Crippen MR) is 117 cm³/mol. The second kappa shape index (κ2) is 9.25. The maximum Gasteiger partial charge on any atom is 0.392 e. The molecule has 2 unspecified atom stereocenters. The monoisotopic (exact) mass is 444 g/mol. The number of rotatable bonds is 6. The molecule has 2 saturated heterocycles. The summed E-state index contributed by atoms with van der Waals surface area (Å²) in [4.78, 5) is 34.4. The van der Waals surface area contributed by atoms with Gasteiger partial charge in [-0.15, -0.1) is 0 Å². The second-order valence-electron chi connectivity index (χ2n) is 8.13. The number of urea groups is 1. The van der Waals surface area contributed by atoms with E-state index < -0.39 is 18.2 Å². The van der Waals surface area contributed by atoms with Gasteiger partial charge in [0, 0.05) is 14.1 Å². The molecule has 3 aliphatic heterocycles. The van der Waals surface area contributed by atoms with Crippen LogP contribution in [0, 0.1) is 0 Å².